The van der Waals surface area contributed by atoms with Gasteiger partial charge in [0, 0.05) is 5.92 Å². The van der Waals surface area contributed by atoms with E-state index in [-0.39, 0.29) is 18.9 Å². The molecule has 9 heteroatoms. The lowest BCUT2D eigenvalue weighted by molar-refractivity contribution is -0.238. The van der Waals surface area contributed by atoms with E-state index in [2.05, 4.69) is 5.32 Å². The predicted molar refractivity (Wildman–Crippen MR) is 93.5 cm³/mol. The van der Waals surface area contributed by atoms with Gasteiger partial charge in [-0.15, -0.1) is 0 Å². The fraction of sp³-hybridized carbons (Fsp3) is 0.765. The van der Waals surface area contributed by atoms with E-state index >= 15 is 0 Å². The van der Waals surface area contributed by atoms with Gasteiger partial charge >= 0.3 is 5.97 Å². The molecule has 148 valence electrons. The molecule has 2 fully saturated rings. The Kier molecular flexibility index (Phi) is 5.84. The number of hydrogen-bond donors (Lipinski definition) is 2. The fourth-order valence-electron chi connectivity index (χ4n) is 3.87. The summed E-state index contributed by atoms with van der Waals surface area (Å²) in [6.07, 6.45) is 4.95. The van der Waals surface area contributed by atoms with Gasteiger partial charge in [0.05, 0.1) is 24.9 Å². The van der Waals surface area contributed by atoms with E-state index < -0.39 is 45.2 Å². The minimum Gasteiger partial charge on any atom is -0.453 e. The molecule has 0 aromatic rings. The first kappa shape index (κ1) is 20.9. The number of rotatable bonds is 9. The highest BCUT2D eigenvalue weighted by Gasteiger charge is 2.79. The van der Waals surface area contributed by atoms with Gasteiger partial charge in [-0.2, -0.15) is 8.42 Å². The minimum atomic E-state index is -3.63. The summed E-state index contributed by atoms with van der Waals surface area (Å²) in [5, 5.41) is 13.6. The van der Waals surface area contributed by atoms with Gasteiger partial charge in [0.25, 0.3) is 10.1 Å². The lowest BCUT2D eigenvalue weighted by Gasteiger charge is -2.54. The molecule has 2 N–H and O–H groups in total. The third kappa shape index (κ3) is 3.27. The Morgan fingerprint density at radius 2 is 2.04 bits per heavy atom. The summed E-state index contributed by atoms with van der Waals surface area (Å²) in [6.45, 7) is 5.24. The monoisotopic (exact) mass is 389 g/mol. The van der Waals surface area contributed by atoms with Crippen LogP contribution in [-0.2, 0) is 28.6 Å². The number of fused-ring (bicyclic) bond motifs is 1. The number of amides is 1. The number of ether oxygens (including phenoxy) is 1. The molecule has 1 amide bonds. The number of hydrogen-bond acceptors (Lipinski definition) is 7. The lowest BCUT2D eigenvalue weighted by Crippen LogP contribution is -2.80. The van der Waals surface area contributed by atoms with E-state index in [0.717, 1.165) is 12.7 Å². The van der Waals surface area contributed by atoms with Gasteiger partial charge < -0.3 is 15.2 Å². The van der Waals surface area contributed by atoms with Crippen LogP contribution in [0.5, 0.6) is 0 Å². The van der Waals surface area contributed by atoms with Crippen LogP contribution < -0.4 is 5.32 Å². The summed E-state index contributed by atoms with van der Waals surface area (Å²) in [5.74, 6) is -2.25. The van der Waals surface area contributed by atoms with Crippen LogP contribution in [0, 0.1) is 11.8 Å². The van der Waals surface area contributed by atoms with Crippen molar-refractivity contribution in [3.8, 4) is 0 Å². The average Bonchev–Trinajstić information content (AvgIpc) is 2.71. The summed E-state index contributed by atoms with van der Waals surface area (Å²) in [6, 6.07) is 0. The van der Waals surface area contributed by atoms with Crippen molar-refractivity contribution in [1.82, 2.24) is 5.32 Å². The van der Waals surface area contributed by atoms with Crippen molar-refractivity contribution in [3.05, 3.63) is 12.2 Å². The van der Waals surface area contributed by atoms with Crippen molar-refractivity contribution in [1.29, 1.82) is 0 Å². The molecule has 0 aromatic heterocycles. The first-order valence-electron chi connectivity index (χ1n) is 8.78. The number of esters is 1. The van der Waals surface area contributed by atoms with Crippen LogP contribution in [0.15, 0.2) is 12.2 Å². The van der Waals surface area contributed by atoms with Gasteiger partial charge in [-0.25, -0.2) is 4.79 Å². The highest BCUT2D eigenvalue weighted by molar-refractivity contribution is 7.85. The maximum absolute atomic E-state index is 12.5. The number of carbonyl (C=O) groups excluding carboxylic acids is 2. The highest BCUT2D eigenvalue weighted by atomic mass is 32.2. The Morgan fingerprint density at radius 3 is 2.54 bits per heavy atom. The van der Waals surface area contributed by atoms with Crippen molar-refractivity contribution in [2.24, 2.45) is 11.8 Å². The second-order valence-electron chi connectivity index (χ2n) is 7.01. The van der Waals surface area contributed by atoms with Gasteiger partial charge in [0.2, 0.25) is 11.4 Å². The molecule has 0 saturated carbocycles. The maximum atomic E-state index is 12.5. The van der Waals surface area contributed by atoms with Crippen LogP contribution in [0.1, 0.15) is 40.0 Å². The third-order valence-electron chi connectivity index (χ3n) is 5.36. The molecule has 26 heavy (non-hydrogen) atoms. The van der Waals surface area contributed by atoms with Crippen molar-refractivity contribution in [3.63, 3.8) is 0 Å². The summed E-state index contributed by atoms with van der Waals surface area (Å²) in [7, 11) is -3.63. The average molecular weight is 389 g/mol. The van der Waals surface area contributed by atoms with Gasteiger partial charge in [-0.05, 0) is 26.2 Å². The van der Waals surface area contributed by atoms with Crippen LogP contribution in [-0.4, -0.2) is 55.5 Å². The first-order valence-corrected chi connectivity index (χ1v) is 10.6. The van der Waals surface area contributed by atoms with Crippen LogP contribution >= 0.6 is 0 Å². The van der Waals surface area contributed by atoms with Crippen LogP contribution in [0.25, 0.3) is 0 Å². The zero-order valence-electron chi connectivity index (χ0n) is 15.5. The molecule has 2 saturated heterocycles. The molecule has 0 spiro atoms. The van der Waals surface area contributed by atoms with Crippen molar-refractivity contribution in [2.45, 2.75) is 57.3 Å². The third-order valence-corrected chi connectivity index (χ3v) is 5.95. The summed E-state index contributed by atoms with van der Waals surface area (Å²) in [4.78, 5) is 24.8. The fourth-order valence-corrected chi connectivity index (χ4v) is 4.27. The number of carbonyl (C=O) groups is 2. The van der Waals surface area contributed by atoms with Gasteiger partial charge in [-0.3, -0.25) is 8.98 Å². The molecule has 2 aliphatic heterocycles. The molecule has 2 rings (SSSR count). The molecule has 2 heterocycles. The molecule has 5 atom stereocenters. The van der Waals surface area contributed by atoms with Crippen LogP contribution in [0.3, 0.4) is 0 Å². The Balaban J connectivity index is 2.26. The molecule has 0 unspecified atom stereocenters. The molecule has 8 nitrogen and oxygen atoms in total. The van der Waals surface area contributed by atoms with Gasteiger partial charge in [-0.1, -0.05) is 26.0 Å². The van der Waals surface area contributed by atoms with Crippen molar-refractivity contribution < 1.29 is 32.0 Å². The number of aliphatic hydroxyl groups excluding tert-OH is 1. The van der Waals surface area contributed by atoms with Crippen LogP contribution in [0.2, 0.25) is 0 Å². The standard InChI is InChI=1S/C17H27NO7S/c1-5-7-8-11(6-2)13(19)17-15(21)25-16(17,3)12(14(20)18-17)9-10-24-26(4,22)23/h7-8,11-13,19H,5-6,9-10H2,1-4H3,(H,18,20)/b8-7-/t11-,12-,13-,16-,17-/m0/s1. The van der Waals surface area contributed by atoms with Crippen molar-refractivity contribution in [2.75, 3.05) is 12.9 Å². The maximum Gasteiger partial charge on any atom is 0.339 e. The summed E-state index contributed by atoms with van der Waals surface area (Å²) < 4.78 is 32.3. The quantitative estimate of drug-likeness (QED) is 0.335. The zero-order valence-corrected chi connectivity index (χ0v) is 16.3. The predicted octanol–water partition coefficient (Wildman–Crippen LogP) is 0.506. The van der Waals surface area contributed by atoms with E-state index in [1.165, 1.54) is 0 Å². The molecule has 0 bridgehead atoms. The zero-order chi connectivity index (χ0) is 19.8. The van der Waals surface area contributed by atoms with E-state index in [1.54, 1.807) is 6.92 Å². The molecule has 0 aliphatic carbocycles. The number of nitrogens with one attached hydrogen (secondary N) is 1. The topological polar surface area (TPSA) is 119 Å². The first-order chi connectivity index (χ1) is 12.0. The number of aliphatic hydroxyl groups is 1. The summed E-state index contributed by atoms with van der Waals surface area (Å²) in [5.41, 5.74) is -2.78. The van der Waals surface area contributed by atoms with Crippen molar-refractivity contribution >= 4 is 22.0 Å². The molecule has 0 aromatic carbocycles. The molecule has 0 radical (unpaired) electrons. The number of allylic oxidation sites excluding steroid dienone is 1. The SMILES string of the molecule is CC/C=C\[C@H](CC)[C@H](O)[C@@]12NC(=O)[C@H](CCOS(C)(=O)=O)[C@]1(C)OC2=O. The highest BCUT2D eigenvalue weighted by Crippen LogP contribution is 2.53. The molecular formula is C17H27NO7S. The van der Waals surface area contributed by atoms with Gasteiger partial charge in [0.15, 0.2) is 5.60 Å². The lowest BCUT2D eigenvalue weighted by atomic mass is 9.65. The molecule has 2 aliphatic rings. The minimum absolute atomic E-state index is 0.0543. The smallest absolute Gasteiger partial charge is 0.339 e. The second-order valence-corrected chi connectivity index (χ2v) is 8.66. The Morgan fingerprint density at radius 1 is 1.38 bits per heavy atom. The van der Waals surface area contributed by atoms with Gasteiger partial charge in [0.1, 0.15) is 0 Å². The Hall–Kier alpha value is -1.45. The van der Waals surface area contributed by atoms with E-state index in [1.807, 2.05) is 26.0 Å². The second kappa shape index (κ2) is 7.28. The largest absolute Gasteiger partial charge is 0.453 e. The Labute approximate surface area is 154 Å². The Bertz CT molecular complexity index is 704. The normalized spacial score (nSPS) is 33.3. The van der Waals surface area contributed by atoms with E-state index in [4.69, 9.17) is 8.92 Å². The summed E-state index contributed by atoms with van der Waals surface area (Å²) >= 11 is 0. The van der Waals surface area contributed by atoms with E-state index in [0.29, 0.717) is 6.42 Å². The van der Waals surface area contributed by atoms with E-state index in [9.17, 15) is 23.1 Å². The van der Waals surface area contributed by atoms with Crippen LogP contribution in [0.4, 0.5) is 0 Å². The molecular weight excluding hydrogens is 362 g/mol.